The van der Waals surface area contributed by atoms with E-state index in [1.807, 2.05) is 0 Å². The third kappa shape index (κ3) is 2.21. The molecule has 2 bridgehead atoms. The van der Waals surface area contributed by atoms with Crippen LogP contribution >= 0.6 is 11.6 Å². The lowest BCUT2D eigenvalue weighted by molar-refractivity contribution is -0.123. The van der Waals surface area contributed by atoms with Crippen LogP contribution in [0, 0.1) is 16.7 Å². The van der Waals surface area contributed by atoms with Crippen LogP contribution in [0.25, 0.3) is 0 Å². The Hall–Kier alpha value is -0.240. The highest BCUT2D eigenvalue weighted by Gasteiger charge is 2.59. The second kappa shape index (κ2) is 4.46. The molecule has 2 fully saturated rings. The highest BCUT2D eigenvalue weighted by Crippen LogP contribution is 2.62. The minimum atomic E-state index is 0.178. The summed E-state index contributed by atoms with van der Waals surface area (Å²) >= 11 is 5.63. The van der Waals surface area contributed by atoms with Gasteiger partial charge in [0.2, 0.25) is 5.91 Å². The molecular weight excluding hydrogens is 234 g/mol. The van der Waals surface area contributed by atoms with Gasteiger partial charge in [-0.1, -0.05) is 20.8 Å². The number of fused-ring (bicyclic) bond motifs is 2. The molecular formula is C14H24ClNO. The largest absolute Gasteiger partial charge is 0.352 e. The second-order valence-corrected chi connectivity index (χ2v) is 7.09. The molecule has 3 unspecified atom stereocenters. The van der Waals surface area contributed by atoms with Gasteiger partial charge in [0.25, 0.3) is 0 Å². The Balaban J connectivity index is 2.02. The summed E-state index contributed by atoms with van der Waals surface area (Å²) in [5.41, 5.74) is 0.578. The van der Waals surface area contributed by atoms with Crippen molar-refractivity contribution in [2.24, 2.45) is 16.7 Å². The fourth-order valence-electron chi connectivity index (χ4n) is 4.12. The molecule has 3 heteroatoms. The van der Waals surface area contributed by atoms with E-state index in [9.17, 15) is 4.79 Å². The molecule has 2 saturated carbocycles. The van der Waals surface area contributed by atoms with Crippen LogP contribution in [0.1, 0.15) is 52.9 Å². The Bertz CT molecular complexity index is 311. The minimum Gasteiger partial charge on any atom is -0.352 e. The lowest BCUT2D eigenvalue weighted by Gasteiger charge is -2.43. The van der Waals surface area contributed by atoms with Crippen molar-refractivity contribution in [3.05, 3.63) is 0 Å². The van der Waals surface area contributed by atoms with Gasteiger partial charge in [-0.2, -0.15) is 0 Å². The number of nitrogens with one attached hydrogen (secondary N) is 1. The molecule has 2 nitrogen and oxygen atoms in total. The molecule has 2 aliphatic carbocycles. The van der Waals surface area contributed by atoms with Crippen molar-refractivity contribution in [2.75, 3.05) is 5.88 Å². The van der Waals surface area contributed by atoms with Crippen LogP contribution in [0.15, 0.2) is 0 Å². The molecule has 1 N–H and O–H groups in total. The van der Waals surface area contributed by atoms with Crippen LogP contribution in [0.3, 0.4) is 0 Å². The van der Waals surface area contributed by atoms with Gasteiger partial charge in [0.15, 0.2) is 0 Å². The van der Waals surface area contributed by atoms with Gasteiger partial charge < -0.3 is 5.32 Å². The van der Waals surface area contributed by atoms with E-state index in [2.05, 4.69) is 26.1 Å². The first kappa shape index (κ1) is 13.2. The molecule has 0 aromatic carbocycles. The van der Waals surface area contributed by atoms with Crippen LogP contribution in [0.2, 0.25) is 0 Å². The predicted molar refractivity (Wildman–Crippen MR) is 71.1 cm³/mol. The molecule has 0 radical (unpaired) electrons. The molecule has 2 aliphatic rings. The minimum absolute atomic E-state index is 0.178. The fraction of sp³-hybridized carbons (Fsp3) is 0.929. The van der Waals surface area contributed by atoms with E-state index in [1.165, 1.54) is 19.3 Å². The third-order valence-corrected chi connectivity index (χ3v) is 5.38. The molecule has 1 amide bonds. The molecule has 0 heterocycles. The van der Waals surface area contributed by atoms with Crippen LogP contribution in [-0.4, -0.2) is 17.8 Å². The van der Waals surface area contributed by atoms with Crippen molar-refractivity contribution in [2.45, 2.75) is 58.9 Å². The maximum atomic E-state index is 11.9. The van der Waals surface area contributed by atoms with E-state index in [1.54, 1.807) is 0 Å². The Kier molecular flexibility index (Phi) is 3.46. The normalized spacial score (nSPS) is 38.4. The summed E-state index contributed by atoms with van der Waals surface area (Å²) in [7, 11) is 0. The van der Waals surface area contributed by atoms with Crippen LogP contribution in [-0.2, 0) is 4.79 Å². The first-order valence-corrected chi connectivity index (χ1v) is 7.29. The number of rotatable bonds is 4. The van der Waals surface area contributed by atoms with Gasteiger partial charge in [0.05, 0.1) is 0 Å². The summed E-state index contributed by atoms with van der Waals surface area (Å²) in [4.78, 5) is 11.9. The smallest absolute Gasteiger partial charge is 0.220 e. The topological polar surface area (TPSA) is 29.1 Å². The Morgan fingerprint density at radius 1 is 1.41 bits per heavy atom. The summed E-state index contributed by atoms with van der Waals surface area (Å²) in [6.45, 7) is 6.97. The van der Waals surface area contributed by atoms with Crippen molar-refractivity contribution in [3.63, 3.8) is 0 Å². The molecule has 3 atom stereocenters. The Morgan fingerprint density at radius 2 is 2.12 bits per heavy atom. The Labute approximate surface area is 109 Å². The maximum absolute atomic E-state index is 11.9. The molecule has 0 aromatic heterocycles. The van der Waals surface area contributed by atoms with Crippen LogP contribution < -0.4 is 5.32 Å². The van der Waals surface area contributed by atoms with Gasteiger partial charge in [-0.15, -0.1) is 11.6 Å². The zero-order valence-corrected chi connectivity index (χ0v) is 11.9. The Morgan fingerprint density at radius 3 is 2.65 bits per heavy atom. The summed E-state index contributed by atoms with van der Waals surface area (Å²) in [6.07, 6.45) is 5.22. The van der Waals surface area contributed by atoms with Crippen molar-refractivity contribution in [3.8, 4) is 0 Å². The van der Waals surface area contributed by atoms with E-state index in [4.69, 9.17) is 11.6 Å². The van der Waals surface area contributed by atoms with E-state index in [-0.39, 0.29) is 11.3 Å². The van der Waals surface area contributed by atoms with Crippen molar-refractivity contribution in [1.82, 2.24) is 5.32 Å². The van der Waals surface area contributed by atoms with E-state index >= 15 is 0 Å². The SMILES string of the molecule is CC12CCC(C1)C(C)(C)C2NC(=O)CCCCl. The van der Waals surface area contributed by atoms with Gasteiger partial charge in [0.1, 0.15) is 0 Å². The zero-order chi connectivity index (χ0) is 12.7. The fourth-order valence-corrected chi connectivity index (χ4v) is 4.26. The van der Waals surface area contributed by atoms with Gasteiger partial charge in [0, 0.05) is 18.3 Å². The van der Waals surface area contributed by atoms with Gasteiger partial charge in [-0.3, -0.25) is 4.79 Å². The highest BCUT2D eigenvalue weighted by molar-refractivity contribution is 6.17. The van der Waals surface area contributed by atoms with Crippen LogP contribution in [0.4, 0.5) is 0 Å². The number of alkyl halides is 1. The monoisotopic (exact) mass is 257 g/mol. The van der Waals surface area contributed by atoms with Gasteiger partial charge >= 0.3 is 0 Å². The van der Waals surface area contributed by atoms with Crippen molar-refractivity contribution < 1.29 is 4.79 Å². The molecule has 17 heavy (non-hydrogen) atoms. The lowest BCUT2D eigenvalue weighted by atomic mass is 9.68. The highest BCUT2D eigenvalue weighted by atomic mass is 35.5. The summed E-state index contributed by atoms with van der Waals surface area (Å²) in [5, 5.41) is 3.28. The second-order valence-electron chi connectivity index (χ2n) is 6.71. The van der Waals surface area contributed by atoms with Crippen molar-refractivity contribution >= 4 is 17.5 Å². The molecule has 0 spiro atoms. The molecule has 0 aliphatic heterocycles. The average molecular weight is 258 g/mol. The van der Waals surface area contributed by atoms with E-state index < -0.39 is 0 Å². The lowest BCUT2D eigenvalue weighted by Crippen LogP contribution is -2.52. The number of halogens is 1. The first-order valence-electron chi connectivity index (χ1n) is 6.75. The molecule has 0 aromatic rings. The quantitative estimate of drug-likeness (QED) is 0.769. The standard InChI is InChI=1S/C14H24ClNO/c1-13(2)10-6-7-14(3,9-10)12(13)16-11(17)5-4-8-15/h10,12H,4-9H2,1-3H3,(H,16,17). The first-order chi connectivity index (χ1) is 7.90. The van der Waals surface area contributed by atoms with Crippen LogP contribution in [0.5, 0.6) is 0 Å². The number of hydrogen-bond donors (Lipinski definition) is 1. The number of amides is 1. The number of carbonyl (C=O) groups is 1. The average Bonchev–Trinajstić information content (AvgIpc) is 2.73. The summed E-state index contributed by atoms with van der Waals surface area (Å²) in [5.74, 6) is 1.53. The third-order valence-electron chi connectivity index (χ3n) is 5.11. The molecule has 0 saturated heterocycles. The zero-order valence-electron chi connectivity index (χ0n) is 11.2. The van der Waals surface area contributed by atoms with E-state index in [0.29, 0.717) is 23.8 Å². The molecule has 2 rings (SSSR count). The summed E-state index contributed by atoms with van der Waals surface area (Å²) in [6, 6.07) is 0.344. The van der Waals surface area contributed by atoms with Gasteiger partial charge in [-0.05, 0) is 42.4 Å². The number of hydrogen-bond acceptors (Lipinski definition) is 1. The van der Waals surface area contributed by atoms with E-state index in [0.717, 1.165) is 12.3 Å². The maximum Gasteiger partial charge on any atom is 0.220 e. The van der Waals surface area contributed by atoms with Crippen molar-refractivity contribution in [1.29, 1.82) is 0 Å². The number of carbonyl (C=O) groups excluding carboxylic acids is 1. The summed E-state index contributed by atoms with van der Waals surface area (Å²) < 4.78 is 0. The molecule has 98 valence electrons. The predicted octanol–water partition coefficient (Wildman–Crippen LogP) is 3.34. The van der Waals surface area contributed by atoms with Gasteiger partial charge in [-0.25, -0.2) is 0 Å².